The average molecular weight is 430 g/mol. The fourth-order valence-electron chi connectivity index (χ4n) is 2.19. The first-order valence-corrected chi connectivity index (χ1v) is 9.09. The molecule has 1 aliphatic heterocycles. The predicted molar refractivity (Wildman–Crippen MR) is 100 cm³/mol. The second kappa shape index (κ2) is 9.47. The molecule has 1 aromatic carbocycles. The van der Waals surface area contributed by atoms with E-state index in [0.29, 0.717) is 17.3 Å². The van der Waals surface area contributed by atoms with E-state index in [9.17, 15) is 19.2 Å². The molecule has 1 N–H and O–H groups in total. The highest BCUT2D eigenvalue weighted by Crippen LogP contribution is 2.39. The zero-order valence-electron chi connectivity index (χ0n) is 14.9. The first kappa shape index (κ1) is 21.6. The molecule has 1 aromatic rings. The first-order chi connectivity index (χ1) is 13.3. The van der Waals surface area contributed by atoms with E-state index in [4.69, 9.17) is 26.2 Å². The Kier molecular flexibility index (Phi) is 7.30. The number of carbonyl (C=O) groups excluding carboxylic acids is 3. The number of rotatable bonds is 8. The molecule has 0 radical (unpaired) electrons. The quantitative estimate of drug-likeness (QED) is 0.490. The van der Waals surface area contributed by atoms with E-state index < -0.39 is 36.2 Å². The van der Waals surface area contributed by atoms with Crippen LogP contribution >= 0.6 is 23.4 Å². The highest BCUT2D eigenvalue weighted by Gasteiger charge is 2.36. The van der Waals surface area contributed by atoms with Crippen LogP contribution in [0.1, 0.15) is 12.5 Å². The third kappa shape index (κ3) is 5.17. The van der Waals surface area contributed by atoms with Crippen LogP contribution in [-0.4, -0.2) is 60.0 Å². The standard InChI is InChI=1S/C17H16ClNO8S/c1-3-26-11-5-9(4-10(18)15(11)27-8-13(20)21)6-12-16(23)19(17(24)28-12)7-14(22)25-2/h4-6H,3,7-8H2,1-2H3,(H,20,21). The second-order valence-corrected chi connectivity index (χ2v) is 6.69. The molecule has 2 amide bonds. The van der Waals surface area contributed by atoms with Gasteiger partial charge in [0.05, 0.1) is 23.6 Å². The molecule has 150 valence electrons. The van der Waals surface area contributed by atoms with E-state index in [-0.39, 0.29) is 28.0 Å². The van der Waals surface area contributed by atoms with Crippen LogP contribution in [0.3, 0.4) is 0 Å². The number of hydrogen-bond acceptors (Lipinski definition) is 8. The second-order valence-electron chi connectivity index (χ2n) is 5.29. The Morgan fingerprint density at radius 1 is 1.29 bits per heavy atom. The first-order valence-electron chi connectivity index (χ1n) is 7.90. The molecular weight excluding hydrogens is 414 g/mol. The van der Waals surface area contributed by atoms with Gasteiger partial charge in [-0.1, -0.05) is 11.6 Å². The molecule has 28 heavy (non-hydrogen) atoms. The molecule has 0 atom stereocenters. The summed E-state index contributed by atoms with van der Waals surface area (Å²) in [6, 6.07) is 2.94. The Balaban J connectivity index is 2.32. The van der Waals surface area contributed by atoms with Crippen molar-refractivity contribution in [1.29, 1.82) is 0 Å². The fourth-order valence-corrected chi connectivity index (χ4v) is 3.30. The average Bonchev–Trinajstić information content (AvgIpc) is 2.88. The molecule has 0 aliphatic carbocycles. The zero-order chi connectivity index (χ0) is 20.8. The molecule has 1 saturated heterocycles. The summed E-state index contributed by atoms with van der Waals surface area (Å²) >= 11 is 6.83. The molecule has 2 rings (SSSR count). The van der Waals surface area contributed by atoms with Gasteiger partial charge in [-0.3, -0.25) is 19.3 Å². The van der Waals surface area contributed by atoms with Gasteiger partial charge in [0.1, 0.15) is 6.54 Å². The largest absolute Gasteiger partial charge is 0.490 e. The van der Waals surface area contributed by atoms with E-state index in [1.807, 2.05) is 0 Å². The summed E-state index contributed by atoms with van der Waals surface area (Å²) in [4.78, 5) is 47.3. The maximum Gasteiger partial charge on any atom is 0.341 e. The van der Waals surface area contributed by atoms with Crippen molar-refractivity contribution in [1.82, 2.24) is 4.90 Å². The predicted octanol–water partition coefficient (Wildman–Crippen LogP) is 2.41. The van der Waals surface area contributed by atoms with Crippen LogP contribution in [0.15, 0.2) is 17.0 Å². The molecule has 9 nitrogen and oxygen atoms in total. The van der Waals surface area contributed by atoms with Gasteiger partial charge in [-0.2, -0.15) is 0 Å². The molecule has 0 saturated carbocycles. The van der Waals surface area contributed by atoms with Crippen molar-refractivity contribution in [2.75, 3.05) is 26.9 Å². The van der Waals surface area contributed by atoms with Crippen molar-refractivity contribution >= 4 is 52.5 Å². The number of imide groups is 1. The Labute approximate surface area is 169 Å². The van der Waals surface area contributed by atoms with Crippen molar-refractivity contribution in [3.05, 3.63) is 27.6 Å². The third-order valence-corrected chi connectivity index (χ3v) is 4.55. The number of thioether (sulfide) groups is 1. The van der Waals surface area contributed by atoms with Crippen molar-refractivity contribution in [3.63, 3.8) is 0 Å². The van der Waals surface area contributed by atoms with E-state index in [0.717, 1.165) is 12.0 Å². The van der Waals surface area contributed by atoms with Gasteiger partial charge >= 0.3 is 11.9 Å². The van der Waals surface area contributed by atoms with E-state index >= 15 is 0 Å². The third-order valence-electron chi connectivity index (χ3n) is 3.36. The minimum atomic E-state index is -1.18. The number of hydrogen-bond donors (Lipinski definition) is 1. The van der Waals surface area contributed by atoms with Crippen LogP contribution in [0.4, 0.5) is 4.79 Å². The van der Waals surface area contributed by atoms with Crippen molar-refractivity contribution in [2.24, 2.45) is 0 Å². The summed E-state index contributed by atoms with van der Waals surface area (Å²) in [5, 5.41) is 8.24. The summed E-state index contributed by atoms with van der Waals surface area (Å²) in [5.41, 5.74) is 0.430. The molecule has 1 heterocycles. The Bertz CT molecular complexity index is 854. The lowest BCUT2D eigenvalue weighted by Crippen LogP contribution is -2.34. The number of amides is 2. The number of benzene rings is 1. The maximum atomic E-state index is 12.4. The van der Waals surface area contributed by atoms with Gasteiger partial charge in [-0.15, -0.1) is 0 Å². The number of aliphatic carboxylic acids is 1. The van der Waals surface area contributed by atoms with E-state index in [1.165, 1.54) is 18.2 Å². The van der Waals surface area contributed by atoms with E-state index in [2.05, 4.69) is 4.74 Å². The van der Waals surface area contributed by atoms with Crippen LogP contribution in [-0.2, 0) is 19.1 Å². The number of carboxylic acids is 1. The van der Waals surface area contributed by atoms with Gasteiger partial charge in [0.25, 0.3) is 11.1 Å². The van der Waals surface area contributed by atoms with Crippen molar-refractivity contribution in [2.45, 2.75) is 6.92 Å². The monoisotopic (exact) mass is 429 g/mol. The Morgan fingerprint density at radius 2 is 2.00 bits per heavy atom. The minimum Gasteiger partial charge on any atom is -0.490 e. The topological polar surface area (TPSA) is 119 Å². The molecule has 11 heteroatoms. The number of esters is 1. The Morgan fingerprint density at radius 3 is 2.61 bits per heavy atom. The van der Waals surface area contributed by atoms with Gasteiger partial charge in [0.2, 0.25) is 0 Å². The van der Waals surface area contributed by atoms with Gasteiger partial charge in [-0.25, -0.2) is 4.79 Å². The van der Waals surface area contributed by atoms with Crippen LogP contribution in [0.25, 0.3) is 6.08 Å². The minimum absolute atomic E-state index is 0.0573. The molecule has 0 spiro atoms. The number of carboxylic acid groups (broad SMARTS) is 1. The lowest BCUT2D eigenvalue weighted by Gasteiger charge is -2.13. The van der Waals surface area contributed by atoms with Gasteiger partial charge in [0, 0.05) is 0 Å². The number of nitrogens with zero attached hydrogens (tertiary/aromatic N) is 1. The van der Waals surface area contributed by atoms with Crippen LogP contribution in [0, 0.1) is 0 Å². The number of ether oxygens (including phenoxy) is 3. The molecule has 1 aliphatic rings. The van der Waals surface area contributed by atoms with Crippen LogP contribution in [0.2, 0.25) is 5.02 Å². The summed E-state index contributed by atoms with van der Waals surface area (Å²) in [5.74, 6) is -2.29. The zero-order valence-corrected chi connectivity index (χ0v) is 16.5. The maximum absolute atomic E-state index is 12.4. The number of carbonyl (C=O) groups is 4. The number of methoxy groups -OCH3 is 1. The SMILES string of the molecule is CCOc1cc(C=C2SC(=O)N(CC(=O)OC)C2=O)cc(Cl)c1OCC(=O)O. The van der Waals surface area contributed by atoms with Gasteiger partial charge in [-0.05, 0) is 42.5 Å². The highest BCUT2D eigenvalue weighted by atomic mass is 35.5. The summed E-state index contributed by atoms with van der Waals surface area (Å²) in [7, 11) is 1.16. The number of halogens is 1. The normalized spacial score (nSPS) is 15.1. The van der Waals surface area contributed by atoms with Crippen LogP contribution < -0.4 is 9.47 Å². The molecule has 1 fully saturated rings. The van der Waals surface area contributed by atoms with Crippen molar-refractivity contribution in [3.8, 4) is 11.5 Å². The summed E-state index contributed by atoms with van der Waals surface area (Å²) < 4.78 is 15.1. The molecule has 0 aromatic heterocycles. The summed E-state index contributed by atoms with van der Waals surface area (Å²) in [6.07, 6.45) is 1.41. The molecule has 0 bridgehead atoms. The summed E-state index contributed by atoms with van der Waals surface area (Å²) in [6.45, 7) is 0.898. The Hall–Kier alpha value is -2.72. The highest BCUT2D eigenvalue weighted by molar-refractivity contribution is 8.18. The molecular formula is C17H16ClNO8S. The van der Waals surface area contributed by atoms with Crippen molar-refractivity contribution < 1.29 is 38.5 Å². The van der Waals surface area contributed by atoms with E-state index in [1.54, 1.807) is 6.92 Å². The fraction of sp³-hybridized carbons (Fsp3) is 0.294. The lowest BCUT2D eigenvalue weighted by molar-refractivity contribution is -0.143. The molecule has 0 unspecified atom stereocenters. The smallest absolute Gasteiger partial charge is 0.341 e. The lowest BCUT2D eigenvalue weighted by atomic mass is 10.1. The van der Waals surface area contributed by atoms with Gasteiger partial charge < -0.3 is 19.3 Å². The van der Waals surface area contributed by atoms with Crippen LogP contribution in [0.5, 0.6) is 11.5 Å². The van der Waals surface area contributed by atoms with Gasteiger partial charge in [0.15, 0.2) is 18.1 Å².